The maximum atomic E-state index is 11.8. The van der Waals surface area contributed by atoms with E-state index in [-0.39, 0.29) is 6.09 Å². The maximum absolute atomic E-state index is 11.8. The van der Waals surface area contributed by atoms with E-state index in [0.717, 1.165) is 0 Å². The molecule has 0 aliphatic heterocycles. The summed E-state index contributed by atoms with van der Waals surface area (Å²) >= 11 is 0. The largest absolute Gasteiger partial charge is 0.444 e. The molecule has 0 rings (SSSR count). The fraction of sp³-hybridized carbons (Fsp3) is 0.913. The molecule has 0 aliphatic carbocycles. The highest BCUT2D eigenvalue weighted by Gasteiger charge is 2.19. The van der Waals surface area contributed by atoms with Crippen molar-refractivity contribution in [3.63, 3.8) is 0 Å². The van der Waals surface area contributed by atoms with Crippen LogP contribution in [0.5, 0.6) is 0 Å². The lowest BCUT2D eigenvalue weighted by Crippen LogP contribution is -2.36. The van der Waals surface area contributed by atoms with E-state index in [1.807, 2.05) is 41.5 Å². The van der Waals surface area contributed by atoms with Gasteiger partial charge in [-0.2, -0.15) is 0 Å². The number of nitrogens with zero attached hydrogens (tertiary/aromatic N) is 1. The number of likely N-dealkylation sites (N-methyl/N-ethyl adjacent to an activating group) is 1. The normalized spacial score (nSPS) is 11.9. The molecule has 0 heterocycles. The predicted octanol–water partition coefficient (Wildman–Crippen LogP) is 2.46. The van der Waals surface area contributed by atoms with E-state index in [1.165, 1.54) is 4.90 Å². The van der Waals surface area contributed by atoms with Gasteiger partial charge in [0.1, 0.15) is 11.2 Å². The molecule has 0 aromatic carbocycles. The zero-order valence-corrected chi connectivity index (χ0v) is 22.1. The summed E-state index contributed by atoms with van der Waals surface area (Å²) in [6.45, 7) is 16.2. The summed E-state index contributed by atoms with van der Waals surface area (Å²) in [7, 11) is 1.68. The van der Waals surface area contributed by atoms with Crippen LogP contribution >= 0.6 is 0 Å². The lowest BCUT2D eigenvalue weighted by molar-refractivity contribution is -0.0129. The molecule has 0 saturated carbocycles. The molecule has 0 unspecified atom stereocenters. The molecule has 1 N–H and O–H groups in total. The zero-order valence-electron chi connectivity index (χ0n) is 22.1. The molecule has 0 fully saturated rings. The van der Waals surface area contributed by atoms with Crippen molar-refractivity contribution in [3.05, 3.63) is 0 Å². The number of carbonyl (C=O) groups excluding carboxylic acids is 2. The van der Waals surface area contributed by atoms with Crippen LogP contribution < -0.4 is 5.32 Å². The Labute approximate surface area is 204 Å². The van der Waals surface area contributed by atoms with E-state index in [1.54, 1.807) is 7.05 Å². The van der Waals surface area contributed by atoms with Crippen molar-refractivity contribution in [2.75, 3.05) is 86.2 Å². The van der Waals surface area contributed by atoms with Crippen LogP contribution in [-0.4, -0.2) is 114 Å². The third-order valence-electron chi connectivity index (χ3n) is 3.68. The summed E-state index contributed by atoms with van der Waals surface area (Å²) in [4.78, 5) is 24.7. The van der Waals surface area contributed by atoms with E-state index < -0.39 is 17.3 Å². The van der Waals surface area contributed by atoms with Gasteiger partial charge in [-0.1, -0.05) is 0 Å². The molecule has 11 nitrogen and oxygen atoms in total. The summed E-state index contributed by atoms with van der Waals surface area (Å²) in [5, 5.41) is 2.62. The van der Waals surface area contributed by atoms with Gasteiger partial charge in [0.15, 0.2) is 0 Å². The lowest BCUT2D eigenvalue weighted by Gasteiger charge is -2.24. The van der Waals surface area contributed by atoms with Crippen molar-refractivity contribution >= 4 is 12.2 Å². The summed E-state index contributed by atoms with van der Waals surface area (Å²) in [6, 6.07) is 0. The first-order valence-corrected chi connectivity index (χ1v) is 11.7. The number of hydrogen-bond donors (Lipinski definition) is 1. The Morgan fingerprint density at radius 3 is 1.41 bits per heavy atom. The van der Waals surface area contributed by atoms with Crippen LogP contribution in [0.2, 0.25) is 0 Å². The van der Waals surface area contributed by atoms with Crippen LogP contribution in [0.3, 0.4) is 0 Å². The molecule has 0 aromatic rings. The predicted molar refractivity (Wildman–Crippen MR) is 127 cm³/mol. The molecule has 202 valence electrons. The number of amides is 2. The van der Waals surface area contributed by atoms with E-state index in [9.17, 15) is 9.59 Å². The van der Waals surface area contributed by atoms with E-state index in [2.05, 4.69) is 5.32 Å². The number of alkyl carbamates (subject to hydrolysis) is 1. The van der Waals surface area contributed by atoms with Crippen molar-refractivity contribution < 1.29 is 42.7 Å². The molecule has 11 heteroatoms. The molecular formula is C23H46N2O9. The first kappa shape index (κ1) is 32.3. The average Bonchev–Trinajstić information content (AvgIpc) is 2.70. The number of nitrogens with one attached hydrogen (secondary N) is 1. The summed E-state index contributed by atoms with van der Waals surface area (Å²) in [5.41, 5.74) is -1.02. The number of hydrogen-bond acceptors (Lipinski definition) is 9. The molecule has 2 amide bonds. The Morgan fingerprint density at radius 1 is 0.618 bits per heavy atom. The van der Waals surface area contributed by atoms with Gasteiger partial charge in [-0.05, 0) is 41.5 Å². The van der Waals surface area contributed by atoms with Gasteiger partial charge in [-0.15, -0.1) is 0 Å². The highest BCUT2D eigenvalue weighted by molar-refractivity contribution is 5.68. The van der Waals surface area contributed by atoms with Crippen LogP contribution in [0, 0.1) is 0 Å². The molecule has 0 radical (unpaired) electrons. The fourth-order valence-electron chi connectivity index (χ4n) is 2.15. The van der Waals surface area contributed by atoms with Crippen LogP contribution in [0.4, 0.5) is 9.59 Å². The minimum Gasteiger partial charge on any atom is -0.444 e. The summed E-state index contributed by atoms with van der Waals surface area (Å²) in [6.07, 6.45) is -0.822. The standard InChI is InChI=1S/C23H46N2O9/c1-22(2,3)33-20(26)24-8-10-28-12-14-30-16-18-32-19-17-31-15-13-29-11-9-25(7)21(27)34-23(4,5)6/h8-19H2,1-7H3,(H,24,26). The zero-order chi connectivity index (χ0) is 25.9. The highest BCUT2D eigenvalue weighted by Crippen LogP contribution is 2.08. The minimum atomic E-state index is -0.509. The maximum Gasteiger partial charge on any atom is 0.410 e. The van der Waals surface area contributed by atoms with Crippen LogP contribution in [0.1, 0.15) is 41.5 Å². The van der Waals surface area contributed by atoms with Crippen LogP contribution in [0.15, 0.2) is 0 Å². The number of rotatable bonds is 18. The van der Waals surface area contributed by atoms with Gasteiger partial charge >= 0.3 is 12.2 Å². The van der Waals surface area contributed by atoms with Gasteiger partial charge in [0, 0.05) is 20.1 Å². The topological polar surface area (TPSA) is 114 Å². The van der Waals surface area contributed by atoms with Crippen molar-refractivity contribution in [2.24, 2.45) is 0 Å². The Hall–Kier alpha value is -1.66. The van der Waals surface area contributed by atoms with E-state index in [4.69, 9.17) is 33.2 Å². The fourth-order valence-corrected chi connectivity index (χ4v) is 2.15. The van der Waals surface area contributed by atoms with E-state index in [0.29, 0.717) is 79.2 Å². The highest BCUT2D eigenvalue weighted by atomic mass is 16.6. The molecule has 0 bridgehead atoms. The Morgan fingerprint density at radius 2 is 1.00 bits per heavy atom. The SMILES string of the molecule is CN(CCOCCOCCOCCOCCOCCNC(=O)OC(C)(C)C)C(=O)OC(C)(C)C. The second-order valence-corrected chi connectivity index (χ2v) is 9.39. The van der Waals surface area contributed by atoms with Crippen LogP contribution in [-0.2, 0) is 33.2 Å². The van der Waals surface area contributed by atoms with E-state index >= 15 is 0 Å². The van der Waals surface area contributed by atoms with Gasteiger partial charge in [-0.25, -0.2) is 9.59 Å². The first-order chi connectivity index (χ1) is 15.9. The third kappa shape index (κ3) is 23.5. The minimum absolute atomic E-state index is 0.367. The average molecular weight is 495 g/mol. The van der Waals surface area contributed by atoms with Crippen molar-refractivity contribution in [1.29, 1.82) is 0 Å². The number of ether oxygens (including phenoxy) is 7. The molecule has 0 atom stereocenters. The molecule has 34 heavy (non-hydrogen) atoms. The number of carbonyl (C=O) groups is 2. The van der Waals surface area contributed by atoms with Crippen molar-refractivity contribution in [2.45, 2.75) is 52.7 Å². The first-order valence-electron chi connectivity index (χ1n) is 11.7. The van der Waals surface area contributed by atoms with Gasteiger partial charge in [-0.3, -0.25) is 0 Å². The molecule has 0 aliphatic rings. The van der Waals surface area contributed by atoms with Gasteiger partial charge in [0.25, 0.3) is 0 Å². The summed E-state index contributed by atoms with van der Waals surface area (Å²) < 4.78 is 37.4. The molecule has 0 spiro atoms. The smallest absolute Gasteiger partial charge is 0.410 e. The van der Waals surface area contributed by atoms with Crippen LogP contribution in [0.25, 0.3) is 0 Å². The molecule has 0 aromatic heterocycles. The monoisotopic (exact) mass is 494 g/mol. The Kier molecular flexibility index (Phi) is 17.7. The van der Waals surface area contributed by atoms with Gasteiger partial charge < -0.3 is 43.4 Å². The Balaban J connectivity index is 3.30. The molecule has 0 saturated heterocycles. The van der Waals surface area contributed by atoms with Crippen molar-refractivity contribution in [1.82, 2.24) is 10.2 Å². The summed E-state index contributed by atoms with van der Waals surface area (Å²) in [5.74, 6) is 0. The molecular weight excluding hydrogens is 448 g/mol. The van der Waals surface area contributed by atoms with Gasteiger partial charge in [0.05, 0.1) is 66.1 Å². The van der Waals surface area contributed by atoms with Crippen molar-refractivity contribution in [3.8, 4) is 0 Å². The second-order valence-electron chi connectivity index (χ2n) is 9.39. The quantitative estimate of drug-likeness (QED) is 0.287. The lowest BCUT2D eigenvalue weighted by atomic mass is 10.2. The Bertz CT molecular complexity index is 534. The third-order valence-corrected chi connectivity index (χ3v) is 3.68. The van der Waals surface area contributed by atoms with Gasteiger partial charge in [0.2, 0.25) is 0 Å². The second kappa shape index (κ2) is 18.6.